The monoisotopic (exact) mass is 402 g/mol. The number of rotatable bonds is 6. The standard InChI is InChI=1S/C25H30N4O/c1-18(2)15-29-16-21(22-13-26-17-27-14-22)12-24(25(29)30)28-23-10-8-20(9-11-23)19-6-4-3-5-7-19/h3-7,12-14,16-18,20,23,28H,8-11,15H2,1-2H3. The molecule has 0 spiro atoms. The fraction of sp³-hybridized carbons (Fsp3) is 0.400. The second-order valence-corrected chi connectivity index (χ2v) is 8.72. The van der Waals surface area contributed by atoms with Gasteiger partial charge in [0.15, 0.2) is 0 Å². The van der Waals surface area contributed by atoms with Crippen LogP contribution in [-0.4, -0.2) is 20.6 Å². The lowest BCUT2D eigenvalue weighted by atomic mass is 9.82. The summed E-state index contributed by atoms with van der Waals surface area (Å²) in [4.78, 5) is 21.4. The van der Waals surface area contributed by atoms with Crippen LogP contribution in [-0.2, 0) is 6.54 Å². The summed E-state index contributed by atoms with van der Waals surface area (Å²) in [5.74, 6) is 1.01. The second-order valence-electron chi connectivity index (χ2n) is 8.72. The highest BCUT2D eigenvalue weighted by Crippen LogP contribution is 2.34. The van der Waals surface area contributed by atoms with E-state index in [1.165, 1.54) is 11.9 Å². The second kappa shape index (κ2) is 9.24. The van der Waals surface area contributed by atoms with Gasteiger partial charge in [0.1, 0.15) is 12.0 Å². The Bertz CT molecular complexity index is 1010. The predicted octanol–water partition coefficient (Wildman–Crippen LogP) is 5.10. The molecule has 1 aromatic carbocycles. The van der Waals surface area contributed by atoms with E-state index in [0.717, 1.165) is 36.8 Å². The molecule has 5 heteroatoms. The van der Waals surface area contributed by atoms with E-state index >= 15 is 0 Å². The van der Waals surface area contributed by atoms with Gasteiger partial charge in [-0.2, -0.15) is 0 Å². The number of pyridine rings is 1. The van der Waals surface area contributed by atoms with Crippen LogP contribution in [0.25, 0.3) is 11.1 Å². The van der Waals surface area contributed by atoms with Crippen LogP contribution in [0.1, 0.15) is 51.0 Å². The summed E-state index contributed by atoms with van der Waals surface area (Å²) < 4.78 is 1.82. The van der Waals surface area contributed by atoms with E-state index in [-0.39, 0.29) is 5.56 Å². The van der Waals surface area contributed by atoms with E-state index in [1.807, 2.05) is 16.8 Å². The van der Waals surface area contributed by atoms with Gasteiger partial charge in [-0.15, -0.1) is 0 Å². The van der Waals surface area contributed by atoms with Gasteiger partial charge in [-0.3, -0.25) is 4.79 Å². The molecule has 1 aliphatic rings. The van der Waals surface area contributed by atoms with Gasteiger partial charge in [0.25, 0.3) is 5.56 Å². The molecule has 156 valence electrons. The van der Waals surface area contributed by atoms with E-state index < -0.39 is 0 Å². The number of aromatic nitrogens is 3. The molecule has 1 aliphatic carbocycles. The molecule has 0 aliphatic heterocycles. The highest BCUT2D eigenvalue weighted by molar-refractivity contribution is 5.65. The maximum Gasteiger partial charge on any atom is 0.273 e. The third kappa shape index (κ3) is 4.78. The van der Waals surface area contributed by atoms with Crippen molar-refractivity contribution < 1.29 is 0 Å². The van der Waals surface area contributed by atoms with Crippen molar-refractivity contribution in [1.29, 1.82) is 0 Å². The molecule has 0 unspecified atom stereocenters. The first-order chi connectivity index (χ1) is 14.6. The van der Waals surface area contributed by atoms with Crippen LogP contribution in [0.15, 0.2) is 66.1 Å². The van der Waals surface area contributed by atoms with Gasteiger partial charge >= 0.3 is 0 Å². The normalized spacial score (nSPS) is 19.0. The molecule has 4 rings (SSSR count). The maximum absolute atomic E-state index is 13.1. The average Bonchev–Trinajstić information content (AvgIpc) is 2.78. The number of benzene rings is 1. The molecule has 30 heavy (non-hydrogen) atoms. The summed E-state index contributed by atoms with van der Waals surface area (Å²) in [6.45, 7) is 4.95. The van der Waals surface area contributed by atoms with Gasteiger partial charge in [-0.1, -0.05) is 44.2 Å². The van der Waals surface area contributed by atoms with Crippen LogP contribution in [0.5, 0.6) is 0 Å². The van der Waals surface area contributed by atoms with Crippen molar-refractivity contribution in [2.24, 2.45) is 5.92 Å². The molecule has 1 saturated carbocycles. The number of anilines is 1. The molecular formula is C25H30N4O. The van der Waals surface area contributed by atoms with Crippen LogP contribution in [0, 0.1) is 5.92 Å². The molecule has 1 fully saturated rings. The van der Waals surface area contributed by atoms with E-state index in [0.29, 0.717) is 30.1 Å². The zero-order chi connectivity index (χ0) is 20.9. The summed E-state index contributed by atoms with van der Waals surface area (Å²) in [6.07, 6.45) is 11.5. The van der Waals surface area contributed by atoms with E-state index in [4.69, 9.17) is 0 Å². The first-order valence-electron chi connectivity index (χ1n) is 10.9. The third-order valence-corrected chi connectivity index (χ3v) is 5.90. The van der Waals surface area contributed by atoms with Crippen LogP contribution < -0.4 is 10.9 Å². The van der Waals surface area contributed by atoms with E-state index in [1.54, 1.807) is 12.4 Å². The van der Waals surface area contributed by atoms with E-state index in [9.17, 15) is 4.79 Å². The molecule has 0 saturated heterocycles. The zero-order valence-corrected chi connectivity index (χ0v) is 17.8. The van der Waals surface area contributed by atoms with Crippen molar-refractivity contribution in [2.45, 2.75) is 58.0 Å². The molecule has 5 nitrogen and oxygen atoms in total. The van der Waals surface area contributed by atoms with Crippen LogP contribution in [0.3, 0.4) is 0 Å². The molecule has 0 amide bonds. The average molecular weight is 403 g/mol. The van der Waals surface area contributed by atoms with Crippen LogP contribution in [0.2, 0.25) is 0 Å². The smallest absolute Gasteiger partial charge is 0.273 e. The fourth-order valence-corrected chi connectivity index (χ4v) is 4.39. The number of nitrogens with one attached hydrogen (secondary N) is 1. The van der Waals surface area contributed by atoms with Gasteiger partial charge in [-0.05, 0) is 49.1 Å². The highest BCUT2D eigenvalue weighted by Gasteiger charge is 2.23. The van der Waals surface area contributed by atoms with Crippen molar-refractivity contribution in [3.05, 3.63) is 77.2 Å². The summed E-state index contributed by atoms with van der Waals surface area (Å²) in [6, 6.07) is 13.1. The van der Waals surface area contributed by atoms with Crippen molar-refractivity contribution in [1.82, 2.24) is 14.5 Å². The quantitative estimate of drug-likeness (QED) is 0.623. The highest BCUT2D eigenvalue weighted by atomic mass is 16.1. The van der Waals surface area contributed by atoms with Gasteiger partial charge < -0.3 is 9.88 Å². The Morgan fingerprint density at radius 2 is 1.73 bits per heavy atom. The SMILES string of the molecule is CC(C)Cn1cc(-c2cncnc2)cc(NC2CCC(c3ccccc3)CC2)c1=O. The maximum atomic E-state index is 13.1. The minimum atomic E-state index is 0.0504. The molecular weight excluding hydrogens is 372 g/mol. The lowest BCUT2D eigenvalue weighted by Gasteiger charge is -2.30. The Labute approximate surface area is 178 Å². The van der Waals surface area contributed by atoms with Crippen LogP contribution in [0.4, 0.5) is 5.69 Å². The summed E-state index contributed by atoms with van der Waals surface area (Å²) >= 11 is 0. The Balaban J connectivity index is 1.54. The fourth-order valence-electron chi connectivity index (χ4n) is 4.39. The molecule has 3 aromatic rings. The van der Waals surface area contributed by atoms with Gasteiger partial charge in [-0.25, -0.2) is 9.97 Å². The minimum Gasteiger partial charge on any atom is -0.378 e. The Hall–Kier alpha value is -2.95. The summed E-state index contributed by atoms with van der Waals surface area (Å²) in [5.41, 5.74) is 4.05. The molecule has 0 atom stereocenters. The third-order valence-electron chi connectivity index (χ3n) is 5.90. The predicted molar refractivity (Wildman–Crippen MR) is 122 cm³/mol. The lowest BCUT2D eigenvalue weighted by molar-refractivity contribution is 0.411. The van der Waals surface area contributed by atoms with Gasteiger partial charge in [0, 0.05) is 42.3 Å². The van der Waals surface area contributed by atoms with Crippen molar-refractivity contribution in [3.8, 4) is 11.1 Å². The van der Waals surface area contributed by atoms with Gasteiger partial charge in [0.2, 0.25) is 0 Å². The van der Waals surface area contributed by atoms with Crippen molar-refractivity contribution in [2.75, 3.05) is 5.32 Å². The molecule has 2 heterocycles. The Morgan fingerprint density at radius 1 is 1.03 bits per heavy atom. The number of nitrogens with zero attached hydrogens (tertiary/aromatic N) is 3. The minimum absolute atomic E-state index is 0.0504. The topological polar surface area (TPSA) is 59.8 Å². The molecule has 2 aromatic heterocycles. The van der Waals surface area contributed by atoms with Crippen molar-refractivity contribution >= 4 is 5.69 Å². The molecule has 0 radical (unpaired) electrons. The first-order valence-corrected chi connectivity index (χ1v) is 10.9. The molecule has 0 bridgehead atoms. The van der Waals surface area contributed by atoms with E-state index in [2.05, 4.69) is 59.5 Å². The summed E-state index contributed by atoms with van der Waals surface area (Å²) in [5, 5.41) is 3.57. The summed E-state index contributed by atoms with van der Waals surface area (Å²) in [7, 11) is 0. The lowest BCUT2D eigenvalue weighted by Crippen LogP contribution is -2.31. The zero-order valence-electron chi connectivity index (χ0n) is 17.8. The first kappa shape index (κ1) is 20.3. The number of hydrogen-bond donors (Lipinski definition) is 1. The number of hydrogen-bond acceptors (Lipinski definition) is 4. The van der Waals surface area contributed by atoms with Gasteiger partial charge in [0.05, 0.1) is 0 Å². The Morgan fingerprint density at radius 3 is 2.40 bits per heavy atom. The van der Waals surface area contributed by atoms with Crippen LogP contribution >= 0.6 is 0 Å². The Kier molecular flexibility index (Phi) is 6.26. The molecule has 1 N–H and O–H groups in total. The largest absolute Gasteiger partial charge is 0.378 e. The van der Waals surface area contributed by atoms with Crippen molar-refractivity contribution in [3.63, 3.8) is 0 Å².